The molecule has 0 aliphatic heterocycles. The first kappa shape index (κ1) is 22.6. The number of hydrogen-bond donors (Lipinski definition) is 2. The van der Waals surface area contributed by atoms with Crippen molar-refractivity contribution in [1.29, 1.82) is 0 Å². The molecule has 0 radical (unpaired) electrons. The third-order valence-electron chi connectivity index (χ3n) is 9.28. The zero-order valence-corrected chi connectivity index (χ0v) is 20.3. The van der Waals surface area contributed by atoms with E-state index in [4.69, 9.17) is 0 Å². The first-order valence-electron chi connectivity index (χ1n) is 12.6. The van der Waals surface area contributed by atoms with Gasteiger partial charge < -0.3 is 10.2 Å². The van der Waals surface area contributed by atoms with Gasteiger partial charge in [-0.3, -0.25) is 4.79 Å². The number of aliphatic hydroxyl groups excluding tert-OH is 1. The lowest BCUT2D eigenvalue weighted by Gasteiger charge is -2.53. The van der Waals surface area contributed by atoms with E-state index >= 15 is 0 Å². The molecule has 1 aromatic carbocycles. The van der Waals surface area contributed by atoms with Gasteiger partial charge in [0.05, 0.1) is 6.10 Å². The van der Waals surface area contributed by atoms with Gasteiger partial charge in [0.1, 0.15) is 0 Å². The Bertz CT molecular complexity index is 1100. The predicted octanol–water partition coefficient (Wildman–Crippen LogP) is 5.43. The molecule has 5 rings (SSSR count). The maximum atomic E-state index is 12.2. The molecule has 0 heterocycles. The molecule has 2 saturated carbocycles. The lowest BCUT2D eigenvalue weighted by Crippen LogP contribution is -2.54. The first-order chi connectivity index (χ1) is 15.7. The standard InChI is InChI=1S/C30H36O3/c1-5-14-30(33)27(32)16-26-24-12-10-21-15-22(31)11-13-23(21)28(24)25(17-29(26,30)4)20-8-6-19(7-9-20)18(2)3/h6-9,15,18,24-27,32-33H,10-13,16-17H2,1-4H3/t24-,25?,26-,27?,29-,30?/m0/s1. The number of rotatable bonds is 2. The van der Waals surface area contributed by atoms with Crippen molar-refractivity contribution in [1.82, 2.24) is 0 Å². The van der Waals surface area contributed by atoms with Crippen molar-refractivity contribution in [2.45, 2.75) is 89.8 Å². The van der Waals surface area contributed by atoms with Gasteiger partial charge in [0.2, 0.25) is 0 Å². The van der Waals surface area contributed by atoms with Crippen molar-refractivity contribution in [2.24, 2.45) is 17.3 Å². The quantitative estimate of drug-likeness (QED) is 0.598. The van der Waals surface area contributed by atoms with E-state index in [-0.39, 0.29) is 17.6 Å². The summed E-state index contributed by atoms with van der Waals surface area (Å²) in [6, 6.07) is 8.99. The van der Waals surface area contributed by atoms with Crippen LogP contribution in [0, 0.1) is 29.1 Å². The molecule has 2 fully saturated rings. The zero-order chi connectivity index (χ0) is 23.5. The van der Waals surface area contributed by atoms with Crippen molar-refractivity contribution in [3.63, 3.8) is 0 Å². The summed E-state index contributed by atoms with van der Waals surface area (Å²) in [7, 11) is 0. The topological polar surface area (TPSA) is 57.5 Å². The van der Waals surface area contributed by atoms with Crippen LogP contribution in [0.1, 0.15) is 89.2 Å². The van der Waals surface area contributed by atoms with Gasteiger partial charge >= 0.3 is 0 Å². The Hall–Kier alpha value is -2.15. The Balaban J connectivity index is 1.69. The third-order valence-corrected chi connectivity index (χ3v) is 9.28. The molecule has 6 atom stereocenters. The number of fused-ring (bicyclic) bond motifs is 4. The Labute approximate surface area is 198 Å². The average Bonchev–Trinajstić information content (AvgIpc) is 2.99. The van der Waals surface area contributed by atoms with Gasteiger partial charge in [-0.05, 0) is 85.1 Å². The van der Waals surface area contributed by atoms with E-state index in [0.29, 0.717) is 24.7 Å². The molecule has 2 N–H and O–H groups in total. The highest BCUT2D eigenvalue weighted by molar-refractivity contribution is 5.93. The summed E-state index contributed by atoms with van der Waals surface area (Å²) in [5.74, 6) is 7.35. The van der Waals surface area contributed by atoms with E-state index in [2.05, 4.69) is 56.9 Å². The molecule has 0 aromatic heterocycles. The molecular weight excluding hydrogens is 408 g/mol. The summed E-state index contributed by atoms with van der Waals surface area (Å²) in [6.07, 6.45) is 5.69. The van der Waals surface area contributed by atoms with E-state index in [1.54, 1.807) is 6.92 Å². The normalized spacial score (nSPS) is 37.7. The van der Waals surface area contributed by atoms with Gasteiger partial charge in [0.15, 0.2) is 11.4 Å². The van der Waals surface area contributed by atoms with Crippen molar-refractivity contribution in [2.75, 3.05) is 0 Å². The Morgan fingerprint density at radius 3 is 2.52 bits per heavy atom. The molecule has 4 aliphatic rings. The van der Waals surface area contributed by atoms with Crippen LogP contribution >= 0.6 is 0 Å². The van der Waals surface area contributed by atoms with Crippen LogP contribution in [0.25, 0.3) is 0 Å². The van der Waals surface area contributed by atoms with Gasteiger partial charge in [-0.1, -0.05) is 56.5 Å². The van der Waals surface area contributed by atoms with Crippen molar-refractivity contribution in [3.8, 4) is 11.8 Å². The number of hydrogen-bond acceptors (Lipinski definition) is 3. The molecule has 3 unspecified atom stereocenters. The van der Waals surface area contributed by atoms with Crippen molar-refractivity contribution < 1.29 is 15.0 Å². The minimum Gasteiger partial charge on any atom is -0.389 e. The van der Waals surface area contributed by atoms with Crippen molar-refractivity contribution >= 4 is 5.78 Å². The fourth-order valence-corrected chi connectivity index (χ4v) is 7.50. The number of carbonyl (C=O) groups excluding carboxylic acids is 1. The Morgan fingerprint density at radius 2 is 1.85 bits per heavy atom. The maximum absolute atomic E-state index is 12.2. The summed E-state index contributed by atoms with van der Waals surface area (Å²) >= 11 is 0. The second-order valence-corrected chi connectivity index (χ2v) is 11.2. The van der Waals surface area contributed by atoms with Gasteiger partial charge in [-0.25, -0.2) is 0 Å². The minimum atomic E-state index is -1.39. The SMILES string of the molecule is CC#CC1(O)C(O)C[C@H]2[C@@H]3CCC4=CC(=O)CCC4=C3C(c3ccc(C(C)C)cc3)C[C@@]21C. The largest absolute Gasteiger partial charge is 0.389 e. The molecule has 1 aromatic rings. The van der Waals surface area contributed by atoms with E-state index in [9.17, 15) is 15.0 Å². The molecule has 0 saturated heterocycles. The Morgan fingerprint density at radius 1 is 1.12 bits per heavy atom. The minimum absolute atomic E-state index is 0.167. The van der Waals surface area contributed by atoms with Crippen LogP contribution < -0.4 is 0 Å². The highest BCUT2D eigenvalue weighted by Gasteiger charge is 2.66. The molecule has 0 bridgehead atoms. The Kier molecular flexibility index (Phi) is 5.46. The molecule has 0 spiro atoms. The fraction of sp³-hybridized carbons (Fsp3) is 0.567. The molecule has 33 heavy (non-hydrogen) atoms. The summed E-state index contributed by atoms with van der Waals surface area (Å²) in [6.45, 7) is 8.33. The van der Waals surface area contributed by atoms with E-state index < -0.39 is 17.1 Å². The number of ketones is 1. The molecular formula is C30H36O3. The van der Waals surface area contributed by atoms with Gasteiger partial charge in [-0.2, -0.15) is 0 Å². The van der Waals surface area contributed by atoms with E-state index in [0.717, 1.165) is 25.7 Å². The van der Waals surface area contributed by atoms with Gasteiger partial charge in [-0.15, -0.1) is 5.92 Å². The second kappa shape index (κ2) is 7.97. The van der Waals surface area contributed by atoms with Gasteiger partial charge in [0, 0.05) is 17.8 Å². The third kappa shape index (κ3) is 3.29. The number of aliphatic hydroxyl groups is 2. The van der Waals surface area contributed by atoms with Crippen LogP contribution in [-0.4, -0.2) is 27.7 Å². The van der Waals surface area contributed by atoms with Crippen LogP contribution in [0.15, 0.2) is 47.1 Å². The summed E-state index contributed by atoms with van der Waals surface area (Å²) in [5.41, 5.74) is 4.81. The van der Waals surface area contributed by atoms with Crippen molar-refractivity contribution in [3.05, 3.63) is 58.2 Å². The summed E-state index contributed by atoms with van der Waals surface area (Å²) in [4.78, 5) is 12.2. The number of benzene rings is 1. The fourth-order valence-electron chi connectivity index (χ4n) is 7.50. The van der Waals surface area contributed by atoms with Crippen LogP contribution in [0.4, 0.5) is 0 Å². The highest BCUT2D eigenvalue weighted by Crippen LogP contribution is 2.66. The lowest BCUT2D eigenvalue weighted by atomic mass is 9.51. The predicted molar refractivity (Wildman–Crippen MR) is 131 cm³/mol. The van der Waals surface area contributed by atoms with Gasteiger partial charge in [0.25, 0.3) is 0 Å². The smallest absolute Gasteiger partial charge is 0.156 e. The molecule has 174 valence electrons. The maximum Gasteiger partial charge on any atom is 0.156 e. The highest BCUT2D eigenvalue weighted by atomic mass is 16.3. The summed E-state index contributed by atoms with van der Waals surface area (Å²) < 4.78 is 0. The number of carbonyl (C=O) groups is 1. The molecule has 3 heteroatoms. The molecule has 4 aliphatic carbocycles. The van der Waals surface area contributed by atoms with E-state index in [1.807, 2.05) is 6.08 Å². The summed E-state index contributed by atoms with van der Waals surface area (Å²) in [5, 5.41) is 22.8. The van der Waals surface area contributed by atoms with Crippen LogP contribution in [0.3, 0.4) is 0 Å². The number of allylic oxidation sites excluding steroid dienone is 4. The molecule has 0 amide bonds. The van der Waals surface area contributed by atoms with Crippen LogP contribution in [0.2, 0.25) is 0 Å². The monoisotopic (exact) mass is 444 g/mol. The first-order valence-corrected chi connectivity index (χ1v) is 12.6. The average molecular weight is 445 g/mol. The van der Waals surface area contributed by atoms with Crippen LogP contribution in [0.5, 0.6) is 0 Å². The van der Waals surface area contributed by atoms with E-state index in [1.165, 1.54) is 27.8 Å². The van der Waals surface area contributed by atoms with Crippen LogP contribution in [-0.2, 0) is 4.79 Å². The zero-order valence-electron chi connectivity index (χ0n) is 20.3. The lowest BCUT2D eigenvalue weighted by molar-refractivity contribution is -0.114. The second-order valence-electron chi connectivity index (χ2n) is 11.2. The molecule has 3 nitrogen and oxygen atoms in total.